The van der Waals surface area contributed by atoms with E-state index in [0.29, 0.717) is 37.7 Å². The van der Waals surface area contributed by atoms with Crippen LogP contribution in [0.25, 0.3) is 0 Å². The zero-order chi connectivity index (χ0) is 16.7. The van der Waals surface area contributed by atoms with Gasteiger partial charge in [0.1, 0.15) is 5.75 Å². The van der Waals surface area contributed by atoms with Gasteiger partial charge in [-0.05, 0) is 24.5 Å². The maximum absolute atomic E-state index is 12.3. The maximum atomic E-state index is 12.3. The summed E-state index contributed by atoms with van der Waals surface area (Å²) in [6.45, 7) is 6.75. The van der Waals surface area contributed by atoms with Crippen molar-refractivity contribution in [3.63, 3.8) is 0 Å². The number of benzene rings is 1. The molecule has 126 valence electrons. The molecule has 0 N–H and O–H groups in total. The summed E-state index contributed by atoms with van der Waals surface area (Å²) in [5, 5.41) is 0. The first-order valence-electron chi connectivity index (χ1n) is 8.29. The van der Waals surface area contributed by atoms with E-state index in [-0.39, 0.29) is 18.4 Å². The molecule has 23 heavy (non-hydrogen) atoms. The summed E-state index contributed by atoms with van der Waals surface area (Å²) in [5.41, 5.74) is 0. The van der Waals surface area contributed by atoms with Gasteiger partial charge in [-0.15, -0.1) is 0 Å². The molecule has 1 aliphatic heterocycles. The Morgan fingerprint density at radius 2 is 1.61 bits per heavy atom. The maximum Gasteiger partial charge on any atom is 0.260 e. The van der Waals surface area contributed by atoms with Crippen LogP contribution in [0.3, 0.4) is 0 Å². The molecule has 2 rings (SSSR count). The zero-order valence-electron chi connectivity index (χ0n) is 14.0. The van der Waals surface area contributed by atoms with Gasteiger partial charge in [0.25, 0.3) is 5.91 Å². The minimum Gasteiger partial charge on any atom is -0.484 e. The summed E-state index contributed by atoms with van der Waals surface area (Å²) in [6, 6.07) is 9.34. The minimum atomic E-state index is -0.0213. The van der Waals surface area contributed by atoms with E-state index in [1.807, 2.05) is 49.1 Å². The van der Waals surface area contributed by atoms with E-state index in [0.717, 1.165) is 13.0 Å². The fourth-order valence-electron chi connectivity index (χ4n) is 2.65. The second kappa shape index (κ2) is 8.56. The average molecular weight is 318 g/mol. The molecule has 0 unspecified atom stereocenters. The van der Waals surface area contributed by atoms with E-state index >= 15 is 0 Å². The Bertz CT molecular complexity index is 516. The van der Waals surface area contributed by atoms with E-state index < -0.39 is 0 Å². The lowest BCUT2D eigenvalue weighted by molar-refractivity contribution is -0.135. The molecule has 1 saturated heterocycles. The molecule has 0 bridgehead atoms. The highest BCUT2D eigenvalue weighted by atomic mass is 16.5. The number of rotatable bonds is 5. The Hall–Kier alpha value is -2.04. The molecule has 0 saturated carbocycles. The number of hydrogen-bond acceptors (Lipinski definition) is 3. The number of para-hydroxylation sites is 1. The molecule has 1 aromatic rings. The van der Waals surface area contributed by atoms with Gasteiger partial charge in [0.15, 0.2) is 6.61 Å². The second-order valence-corrected chi connectivity index (χ2v) is 6.31. The largest absolute Gasteiger partial charge is 0.484 e. The van der Waals surface area contributed by atoms with Crippen molar-refractivity contribution in [3.8, 4) is 5.75 Å². The molecule has 2 amide bonds. The summed E-state index contributed by atoms with van der Waals surface area (Å²) in [5.74, 6) is 1.23. The summed E-state index contributed by atoms with van der Waals surface area (Å²) in [6.07, 6.45) is 1.39. The van der Waals surface area contributed by atoms with Crippen LogP contribution < -0.4 is 4.74 Å². The average Bonchev–Trinajstić information content (AvgIpc) is 2.79. The minimum absolute atomic E-state index is 0.0213. The SMILES string of the molecule is CC(C)CC(=O)N1CCCN(C(=O)COc2ccccc2)CC1. The third-order valence-corrected chi connectivity index (χ3v) is 3.89. The molecule has 0 spiro atoms. The molecule has 1 fully saturated rings. The van der Waals surface area contributed by atoms with Gasteiger partial charge in [0.2, 0.25) is 5.91 Å². The van der Waals surface area contributed by atoms with Crippen molar-refractivity contribution in [1.82, 2.24) is 9.80 Å². The molecule has 0 atom stereocenters. The first-order valence-corrected chi connectivity index (χ1v) is 8.29. The lowest BCUT2D eigenvalue weighted by Gasteiger charge is -2.23. The molecule has 0 aromatic heterocycles. The molecule has 1 heterocycles. The van der Waals surface area contributed by atoms with Gasteiger partial charge in [-0.1, -0.05) is 32.0 Å². The van der Waals surface area contributed by atoms with Gasteiger partial charge in [-0.2, -0.15) is 0 Å². The molecule has 5 nitrogen and oxygen atoms in total. The first-order chi connectivity index (χ1) is 11.1. The predicted octanol–water partition coefficient (Wildman–Crippen LogP) is 2.17. The number of carbonyl (C=O) groups is 2. The standard InChI is InChI=1S/C18H26N2O3/c1-15(2)13-17(21)19-9-6-10-20(12-11-19)18(22)14-23-16-7-4-3-5-8-16/h3-5,7-8,15H,6,9-14H2,1-2H3. The van der Waals surface area contributed by atoms with Crippen LogP contribution in [0.15, 0.2) is 30.3 Å². The third-order valence-electron chi connectivity index (χ3n) is 3.89. The van der Waals surface area contributed by atoms with Crippen molar-refractivity contribution in [1.29, 1.82) is 0 Å². The quantitative estimate of drug-likeness (QED) is 0.836. The zero-order valence-corrected chi connectivity index (χ0v) is 14.0. The number of amides is 2. The third kappa shape index (κ3) is 5.58. The Labute approximate surface area is 138 Å². The van der Waals surface area contributed by atoms with E-state index in [2.05, 4.69) is 0 Å². The molecule has 1 aromatic carbocycles. The van der Waals surface area contributed by atoms with Crippen molar-refractivity contribution >= 4 is 11.8 Å². The van der Waals surface area contributed by atoms with E-state index in [1.165, 1.54) is 0 Å². The van der Waals surface area contributed by atoms with Gasteiger partial charge < -0.3 is 14.5 Å². The monoisotopic (exact) mass is 318 g/mol. The van der Waals surface area contributed by atoms with Crippen LogP contribution in [0, 0.1) is 5.92 Å². The number of carbonyl (C=O) groups excluding carboxylic acids is 2. The van der Waals surface area contributed by atoms with Gasteiger partial charge in [-0.3, -0.25) is 9.59 Å². The molecular formula is C18H26N2O3. The Morgan fingerprint density at radius 3 is 2.22 bits per heavy atom. The first kappa shape index (κ1) is 17.3. The summed E-state index contributed by atoms with van der Waals surface area (Å²) in [4.78, 5) is 28.1. The number of hydrogen-bond donors (Lipinski definition) is 0. The molecular weight excluding hydrogens is 292 g/mol. The van der Waals surface area contributed by atoms with Crippen LogP contribution >= 0.6 is 0 Å². The van der Waals surface area contributed by atoms with Gasteiger partial charge in [0.05, 0.1) is 0 Å². The van der Waals surface area contributed by atoms with Crippen LogP contribution in [0.5, 0.6) is 5.75 Å². The summed E-state index contributed by atoms with van der Waals surface area (Å²) >= 11 is 0. The van der Waals surface area contributed by atoms with Crippen molar-refractivity contribution in [2.24, 2.45) is 5.92 Å². The second-order valence-electron chi connectivity index (χ2n) is 6.31. The van der Waals surface area contributed by atoms with Crippen molar-refractivity contribution in [2.75, 3.05) is 32.8 Å². The topological polar surface area (TPSA) is 49.9 Å². The lowest BCUT2D eigenvalue weighted by atomic mass is 10.1. The molecule has 0 radical (unpaired) electrons. The van der Waals surface area contributed by atoms with Crippen LogP contribution in [0.4, 0.5) is 0 Å². The Balaban J connectivity index is 1.80. The molecule has 0 aliphatic carbocycles. The van der Waals surface area contributed by atoms with Crippen molar-refractivity contribution in [2.45, 2.75) is 26.7 Å². The highest BCUT2D eigenvalue weighted by Crippen LogP contribution is 2.11. The fraction of sp³-hybridized carbons (Fsp3) is 0.556. The van der Waals surface area contributed by atoms with Crippen molar-refractivity contribution < 1.29 is 14.3 Å². The van der Waals surface area contributed by atoms with Crippen LogP contribution in [0.1, 0.15) is 26.7 Å². The highest BCUT2D eigenvalue weighted by Gasteiger charge is 2.22. The predicted molar refractivity (Wildman–Crippen MR) is 89.2 cm³/mol. The van der Waals surface area contributed by atoms with E-state index in [1.54, 1.807) is 4.90 Å². The molecule has 5 heteroatoms. The van der Waals surface area contributed by atoms with Gasteiger partial charge in [-0.25, -0.2) is 0 Å². The number of ether oxygens (including phenoxy) is 1. The van der Waals surface area contributed by atoms with Crippen LogP contribution in [-0.4, -0.2) is 54.4 Å². The fourth-order valence-corrected chi connectivity index (χ4v) is 2.65. The van der Waals surface area contributed by atoms with Crippen molar-refractivity contribution in [3.05, 3.63) is 30.3 Å². The summed E-state index contributed by atoms with van der Waals surface area (Å²) in [7, 11) is 0. The Morgan fingerprint density at radius 1 is 1.00 bits per heavy atom. The number of nitrogens with zero attached hydrogens (tertiary/aromatic N) is 2. The van der Waals surface area contributed by atoms with Crippen LogP contribution in [-0.2, 0) is 9.59 Å². The summed E-state index contributed by atoms with van der Waals surface area (Å²) < 4.78 is 5.52. The lowest BCUT2D eigenvalue weighted by Crippen LogP contribution is -2.39. The highest BCUT2D eigenvalue weighted by molar-refractivity contribution is 5.78. The van der Waals surface area contributed by atoms with Crippen LogP contribution in [0.2, 0.25) is 0 Å². The van der Waals surface area contributed by atoms with E-state index in [9.17, 15) is 9.59 Å². The normalized spacial score (nSPS) is 15.4. The smallest absolute Gasteiger partial charge is 0.260 e. The van der Waals surface area contributed by atoms with Gasteiger partial charge >= 0.3 is 0 Å². The van der Waals surface area contributed by atoms with Gasteiger partial charge in [0, 0.05) is 32.6 Å². The molecule has 1 aliphatic rings. The van der Waals surface area contributed by atoms with E-state index in [4.69, 9.17) is 4.74 Å². The Kier molecular flexibility index (Phi) is 6.44.